The van der Waals surface area contributed by atoms with E-state index in [2.05, 4.69) is 5.32 Å². The van der Waals surface area contributed by atoms with Crippen LogP contribution in [0.3, 0.4) is 0 Å². The zero-order valence-corrected chi connectivity index (χ0v) is 22.0. The van der Waals surface area contributed by atoms with E-state index >= 15 is 0 Å². The van der Waals surface area contributed by atoms with Crippen LogP contribution in [-0.2, 0) is 26.2 Å². The maximum absolute atomic E-state index is 13.7. The number of nitrogens with zero attached hydrogens (tertiary/aromatic N) is 2. The molecule has 0 aliphatic rings. The molecule has 9 heteroatoms. The molecule has 0 spiro atoms. The molecule has 2 atom stereocenters. The van der Waals surface area contributed by atoms with Gasteiger partial charge in [0.2, 0.25) is 11.8 Å². The predicted octanol–water partition coefficient (Wildman–Crippen LogP) is 4.35. The highest BCUT2D eigenvalue weighted by atomic mass is 32.2. The lowest BCUT2D eigenvalue weighted by atomic mass is 10.1. The van der Waals surface area contributed by atoms with Crippen molar-refractivity contribution in [1.29, 1.82) is 0 Å². The number of carbonyl (C=O) groups excluding carboxylic acids is 2. The van der Waals surface area contributed by atoms with Gasteiger partial charge in [-0.05, 0) is 62.2 Å². The van der Waals surface area contributed by atoms with Crippen molar-refractivity contribution in [1.82, 2.24) is 10.2 Å². The quantitative estimate of drug-likeness (QED) is 0.403. The number of benzene rings is 3. The standard InChI is InChI=1S/C28H32FN3O4S/c1-4-21(2)30-28(34)22(3)31(19-23-11-7-5-8-12-23)27(33)20-32(25-13-9-6-10-14-25)37(35,36)26-17-15-24(29)16-18-26/h5-18,21-22H,4,19-20H2,1-3H3,(H,30,34)/t21-,22-/m0/s1. The van der Waals surface area contributed by atoms with Crippen LogP contribution in [0.4, 0.5) is 10.1 Å². The first-order chi connectivity index (χ1) is 17.6. The molecule has 0 unspecified atom stereocenters. The van der Waals surface area contributed by atoms with E-state index in [-0.39, 0.29) is 29.1 Å². The fourth-order valence-electron chi connectivity index (χ4n) is 3.69. The Hall–Kier alpha value is -3.72. The Balaban J connectivity index is 1.98. The average molecular weight is 526 g/mol. The van der Waals surface area contributed by atoms with Gasteiger partial charge in [-0.25, -0.2) is 12.8 Å². The van der Waals surface area contributed by atoms with E-state index < -0.39 is 34.3 Å². The first-order valence-corrected chi connectivity index (χ1v) is 13.5. The number of rotatable bonds is 11. The third-order valence-electron chi connectivity index (χ3n) is 6.09. The number of hydrogen-bond acceptors (Lipinski definition) is 4. The molecule has 7 nitrogen and oxygen atoms in total. The number of halogens is 1. The lowest BCUT2D eigenvalue weighted by molar-refractivity contribution is -0.139. The Labute approximate surface area is 218 Å². The molecular formula is C28H32FN3O4S. The molecule has 1 N–H and O–H groups in total. The van der Waals surface area contributed by atoms with Crippen LogP contribution in [0.5, 0.6) is 0 Å². The van der Waals surface area contributed by atoms with Crippen LogP contribution in [0, 0.1) is 5.82 Å². The van der Waals surface area contributed by atoms with Crippen LogP contribution in [0.2, 0.25) is 0 Å². The molecule has 0 aromatic heterocycles. The van der Waals surface area contributed by atoms with E-state index in [1.54, 1.807) is 37.3 Å². The van der Waals surface area contributed by atoms with Crippen LogP contribution >= 0.6 is 0 Å². The monoisotopic (exact) mass is 525 g/mol. The zero-order chi connectivity index (χ0) is 27.0. The third-order valence-corrected chi connectivity index (χ3v) is 7.88. The summed E-state index contributed by atoms with van der Waals surface area (Å²) in [5, 5.41) is 2.90. The molecular weight excluding hydrogens is 493 g/mol. The molecule has 3 rings (SSSR count). The van der Waals surface area contributed by atoms with Crippen molar-refractivity contribution in [3.05, 3.63) is 96.3 Å². The first kappa shape index (κ1) is 27.9. The lowest BCUT2D eigenvalue weighted by Gasteiger charge is -2.32. The fraction of sp³-hybridized carbons (Fsp3) is 0.286. The van der Waals surface area contributed by atoms with Crippen molar-refractivity contribution in [3.63, 3.8) is 0 Å². The van der Waals surface area contributed by atoms with Gasteiger partial charge in [0.15, 0.2) is 0 Å². The zero-order valence-electron chi connectivity index (χ0n) is 21.2. The van der Waals surface area contributed by atoms with Gasteiger partial charge in [-0.1, -0.05) is 55.5 Å². The molecule has 0 saturated heterocycles. The van der Waals surface area contributed by atoms with E-state index in [1.807, 2.05) is 44.2 Å². The number of para-hydroxylation sites is 1. The highest BCUT2D eigenvalue weighted by Gasteiger charge is 2.32. The van der Waals surface area contributed by atoms with E-state index in [4.69, 9.17) is 0 Å². The van der Waals surface area contributed by atoms with Crippen LogP contribution < -0.4 is 9.62 Å². The molecule has 0 saturated carbocycles. The number of amides is 2. The maximum Gasteiger partial charge on any atom is 0.264 e. The van der Waals surface area contributed by atoms with Crippen LogP contribution in [-0.4, -0.2) is 43.8 Å². The summed E-state index contributed by atoms with van der Waals surface area (Å²) >= 11 is 0. The summed E-state index contributed by atoms with van der Waals surface area (Å²) in [6.45, 7) is 5.02. The smallest absolute Gasteiger partial charge is 0.264 e. The van der Waals surface area contributed by atoms with Gasteiger partial charge in [0.05, 0.1) is 10.6 Å². The van der Waals surface area contributed by atoms with Gasteiger partial charge in [0.25, 0.3) is 10.0 Å². The minimum Gasteiger partial charge on any atom is -0.352 e. The molecule has 0 radical (unpaired) electrons. The van der Waals surface area contributed by atoms with Gasteiger partial charge < -0.3 is 10.2 Å². The fourth-order valence-corrected chi connectivity index (χ4v) is 5.10. The van der Waals surface area contributed by atoms with Gasteiger partial charge in [-0.2, -0.15) is 0 Å². The summed E-state index contributed by atoms with van der Waals surface area (Å²) < 4.78 is 41.7. The molecule has 3 aromatic rings. The summed E-state index contributed by atoms with van der Waals surface area (Å²) in [6.07, 6.45) is 0.725. The number of carbonyl (C=O) groups is 2. The Bertz CT molecular complexity index is 1290. The molecule has 0 aliphatic carbocycles. The van der Waals surface area contributed by atoms with Crippen molar-refractivity contribution in [3.8, 4) is 0 Å². The second-order valence-corrected chi connectivity index (χ2v) is 10.7. The second kappa shape index (κ2) is 12.5. The Kier molecular flexibility index (Phi) is 9.41. The van der Waals surface area contributed by atoms with Crippen molar-refractivity contribution < 1.29 is 22.4 Å². The molecule has 0 bridgehead atoms. The Morgan fingerprint density at radius 3 is 2.03 bits per heavy atom. The number of anilines is 1. The SMILES string of the molecule is CC[C@H](C)NC(=O)[C@H](C)N(Cc1ccccc1)C(=O)CN(c1ccccc1)S(=O)(=O)c1ccc(F)cc1. The lowest BCUT2D eigenvalue weighted by Crippen LogP contribution is -2.52. The van der Waals surface area contributed by atoms with Crippen molar-refractivity contribution in [2.75, 3.05) is 10.8 Å². The third kappa shape index (κ3) is 7.16. The van der Waals surface area contributed by atoms with Crippen molar-refractivity contribution in [2.45, 2.75) is 50.7 Å². The second-order valence-electron chi connectivity index (χ2n) is 8.80. The highest BCUT2D eigenvalue weighted by Crippen LogP contribution is 2.24. The van der Waals surface area contributed by atoms with Gasteiger partial charge in [-0.3, -0.25) is 13.9 Å². The summed E-state index contributed by atoms with van der Waals surface area (Å²) in [4.78, 5) is 28.0. The van der Waals surface area contributed by atoms with E-state index in [0.29, 0.717) is 0 Å². The molecule has 196 valence electrons. The topological polar surface area (TPSA) is 86.8 Å². The summed E-state index contributed by atoms with van der Waals surface area (Å²) in [5.41, 5.74) is 1.07. The predicted molar refractivity (Wildman–Crippen MR) is 142 cm³/mol. The maximum atomic E-state index is 13.7. The molecule has 2 amide bonds. The van der Waals surface area contributed by atoms with Crippen LogP contribution in [0.15, 0.2) is 89.8 Å². The molecule has 0 aliphatic heterocycles. The van der Waals surface area contributed by atoms with Crippen LogP contribution in [0.25, 0.3) is 0 Å². The largest absolute Gasteiger partial charge is 0.352 e. The number of hydrogen-bond donors (Lipinski definition) is 1. The highest BCUT2D eigenvalue weighted by molar-refractivity contribution is 7.92. The minimum absolute atomic E-state index is 0.0803. The van der Waals surface area contributed by atoms with Gasteiger partial charge in [-0.15, -0.1) is 0 Å². The normalized spacial score (nSPS) is 12.9. The number of sulfonamides is 1. The molecule has 37 heavy (non-hydrogen) atoms. The number of nitrogens with one attached hydrogen (secondary N) is 1. The molecule has 0 fully saturated rings. The van der Waals surface area contributed by atoms with E-state index in [1.165, 1.54) is 4.90 Å². The Morgan fingerprint density at radius 2 is 1.46 bits per heavy atom. The van der Waals surface area contributed by atoms with Gasteiger partial charge in [0, 0.05) is 12.6 Å². The Morgan fingerprint density at radius 1 is 0.892 bits per heavy atom. The van der Waals surface area contributed by atoms with E-state index in [9.17, 15) is 22.4 Å². The van der Waals surface area contributed by atoms with Crippen molar-refractivity contribution in [2.24, 2.45) is 0 Å². The summed E-state index contributed by atoms with van der Waals surface area (Å²) in [6, 6.07) is 20.9. The van der Waals surface area contributed by atoms with Crippen LogP contribution in [0.1, 0.15) is 32.8 Å². The summed E-state index contributed by atoms with van der Waals surface area (Å²) in [7, 11) is -4.22. The molecule has 0 heterocycles. The van der Waals surface area contributed by atoms with Gasteiger partial charge in [0.1, 0.15) is 18.4 Å². The average Bonchev–Trinajstić information content (AvgIpc) is 2.91. The van der Waals surface area contributed by atoms with Gasteiger partial charge >= 0.3 is 0 Å². The first-order valence-electron chi connectivity index (χ1n) is 12.1. The van der Waals surface area contributed by atoms with Crippen molar-refractivity contribution >= 4 is 27.5 Å². The minimum atomic E-state index is -4.22. The molecule has 3 aromatic carbocycles. The summed E-state index contributed by atoms with van der Waals surface area (Å²) in [5.74, 6) is -1.45. The van der Waals surface area contributed by atoms with E-state index in [0.717, 1.165) is 40.6 Å².